The lowest BCUT2D eigenvalue weighted by Gasteiger charge is -2.20. The van der Waals surface area contributed by atoms with Crippen molar-refractivity contribution in [2.24, 2.45) is 0 Å². The van der Waals surface area contributed by atoms with Gasteiger partial charge in [0.1, 0.15) is 11.4 Å². The molecule has 0 heterocycles. The molecule has 0 aliphatic heterocycles. The molecule has 1 aliphatic carbocycles. The van der Waals surface area contributed by atoms with E-state index < -0.39 is 17.5 Å². The minimum absolute atomic E-state index is 0.0290. The van der Waals surface area contributed by atoms with Crippen molar-refractivity contribution in [1.29, 1.82) is 0 Å². The third-order valence-corrected chi connectivity index (χ3v) is 3.19. The number of ketones is 2. The number of allylic oxidation sites excluding steroid dienone is 1. The van der Waals surface area contributed by atoms with Gasteiger partial charge >= 0.3 is 6.09 Å². The summed E-state index contributed by atoms with van der Waals surface area (Å²) in [5.74, 6) is -0.936. The lowest BCUT2D eigenvalue weighted by molar-refractivity contribution is 0.0527. The molecule has 1 aromatic carbocycles. The summed E-state index contributed by atoms with van der Waals surface area (Å²) >= 11 is 0. The predicted molar refractivity (Wildman–Crippen MR) is 83.7 cm³/mol. The van der Waals surface area contributed by atoms with Gasteiger partial charge in [-0.1, -0.05) is 12.1 Å². The van der Waals surface area contributed by atoms with Crippen LogP contribution in [-0.4, -0.2) is 34.9 Å². The molecular formula is C17H19NO5. The minimum Gasteiger partial charge on any atom is -0.507 e. The standard InChI is InChI=1S/C17H19NO5/c1-17(2,3)23-16(22)18-8-7-10-9-13(20)14-11(15(10)21)5-4-6-12(14)19/h4-6,9,19H,7-8H2,1-3H3,(H,18,22). The molecule has 6 nitrogen and oxygen atoms in total. The molecule has 0 spiro atoms. The van der Waals surface area contributed by atoms with Gasteiger partial charge < -0.3 is 15.2 Å². The summed E-state index contributed by atoms with van der Waals surface area (Å²) in [7, 11) is 0. The van der Waals surface area contributed by atoms with E-state index in [1.807, 2.05) is 0 Å². The van der Waals surface area contributed by atoms with Crippen molar-refractivity contribution in [2.75, 3.05) is 6.54 Å². The molecule has 23 heavy (non-hydrogen) atoms. The Bertz CT molecular complexity index is 697. The van der Waals surface area contributed by atoms with E-state index in [1.165, 1.54) is 24.3 Å². The molecule has 0 aromatic heterocycles. The van der Waals surface area contributed by atoms with Gasteiger partial charge in [0.05, 0.1) is 5.56 Å². The average molecular weight is 317 g/mol. The Kier molecular flexibility index (Phi) is 4.54. The van der Waals surface area contributed by atoms with Crippen LogP contribution < -0.4 is 5.32 Å². The number of amides is 1. The molecule has 0 saturated heterocycles. The van der Waals surface area contributed by atoms with Gasteiger partial charge in [-0.2, -0.15) is 0 Å². The number of hydrogen-bond donors (Lipinski definition) is 2. The second kappa shape index (κ2) is 6.24. The number of fused-ring (bicyclic) bond motifs is 1. The van der Waals surface area contributed by atoms with Gasteiger partial charge in [-0.3, -0.25) is 9.59 Å². The average Bonchev–Trinajstić information content (AvgIpc) is 2.42. The Morgan fingerprint density at radius 3 is 2.61 bits per heavy atom. The topological polar surface area (TPSA) is 92.7 Å². The lowest BCUT2D eigenvalue weighted by atomic mass is 9.87. The summed E-state index contributed by atoms with van der Waals surface area (Å²) < 4.78 is 5.09. The molecule has 2 rings (SSSR count). The van der Waals surface area contributed by atoms with Crippen molar-refractivity contribution in [3.63, 3.8) is 0 Å². The van der Waals surface area contributed by atoms with Crippen LogP contribution in [0.2, 0.25) is 0 Å². The summed E-state index contributed by atoms with van der Waals surface area (Å²) in [5.41, 5.74) is -0.0912. The van der Waals surface area contributed by atoms with Gasteiger partial charge in [-0.15, -0.1) is 0 Å². The number of alkyl carbamates (subject to hydrolysis) is 1. The zero-order chi connectivity index (χ0) is 17.2. The number of phenolic OH excluding ortho intramolecular Hbond substituents is 1. The first-order chi connectivity index (χ1) is 10.7. The Hall–Kier alpha value is -2.63. The molecule has 6 heteroatoms. The van der Waals surface area contributed by atoms with Crippen molar-refractivity contribution in [3.05, 3.63) is 41.0 Å². The molecule has 0 bridgehead atoms. The van der Waals surface area contributed by atoms with Crippen LogP contribution >= 0.6 is 0 Å². The maximum absolute atomic E-state index is 12.3. The maximum atomic E-state index is 12.3. The number of nitrogens with one attached hydrogen (secondary N) is 1. The van der Waals surface area contributed by atoms with E-state index in [-0.39, 0.29) is 35.6 Å². The Labute approximate surface area is 134 Å². The highest BCUT2D eigenvalue weighted by Crippen LogP contribution is 2.29. The van der Waals surface area contributed by atoms with Crippen LogP contribution in [0.1, 0.15) is 47.9 Å². The molecular weight excluding hydrogens is 298 g/mol. The van der Waals surface area contributed by atoms with E-state index in [4.69, 9.17) is 4.74 Å². The number of carbonyl (C=O) groups is 3. The normalized spacial score (nSPS) is 14.1. The zero-order valence-corrected chi connectivity index (χ0v) is 13.3. The SMILES string of the molecule is CC(C)(C)OC(=O)NCCC1=CC(=O)c2c(O)cccc2C1=O. The van der Waals surface area contributed by atoms with E-state index in [0.717, 1.165) is 0 Å². The number of rotatable bonds is 3. The van der Waals surface area contributed by atoms with Crippen LogP contribution in [0.4, 0.5) is 4.79 Å². The Balaban J connectivity index is 2.02. The highest BCUT2D eigenvalue weighted by Gasteiger charge is 2.27. The number of Topliss-reactive ketones (excluding diaryl/α,β-unsaturated/α-hetero) is 1. The fourth-order valence-corrected chi connectivity index (χ4v) is 2.26. The minimum atomic E-state index is -0.601. The van der Waals surface area contributed by atoms with Crippen LogP contribution in [0.3, 0.4) is 0 Å². The summed E-state index contributed by atoms with van der Waals surface area (Å²) in [4.78, 5) is 35.9. The Morgan fingerprint density at radius 1 is 1.26 bits per heavy atom. The monoisotopic (exact) mass is 317 g/mol. The van der Waals surface area contributed by atoms with Gasteiger partial charge in [0, 0.05) is 17.7 Å². The molecule has 1 aliphatic rings. The molecule has 2 N–H and O–H groups in total. The van der Waals surface area contributed by atoms with Gasteiger partial charge in [-0.25, -0.2) is 4.79 Å². The zero-order valence-electron chi connectivity index (χ0n) is 13.3. The molecule has 0 unspecified atom stereocenters. The molecule has 0 saturated carbocycles. The van der Waals surface area contributed by atoms with E-state index >= 15 is 0 Å². The van der Waals surface area contributed by atoms with Gasteiger partial charge in [0.25, 0.3) is 0 Å². The van der Waals surface area contributed by atoms with Crippen molar-refractivity contribution < 1.29 is 24.2 Å². The molecule has 0 atom stereocenters. The number of phenols is 1. The third-order valence-electron chi connectivity index (χ3n) is 3.19. The van der Waals surface area contributed by atoms with Gasteiger partial charge in [-0.05, 0) is 39.3 Å². The highest BCUT2D eigenvalue weighted by atomic mass is 16.6. The summed E-state index contributed by atoms with van der Waals surface area (Å²) in [6.45, 7) is 5.43. The molecule has 0 radical (unpaired) electrons. The van der Waals surface area contributed by atoms with E-state index in [1.54, 1.807) is 20.8 Å². The quantitative estimate of drug-likeness (QED) is 0.894. The van der Waals surface area contributed by atoms with Gasteiger partial charge in [0.15, 0.2) is 11.6 Å². The molecule has 1 aromatic rings. The first kappa shape index (κ1) is 16.7. The third kappa shape index (κ3) is 3.97. The second-order valence-electron chi connectivity index (χ2n) is 6.24. The first-order valence-corrected chi connectivity index (χ1v) is 7.27. The van der Waals surface area contributed by atoms with Crippen LogP contribution in [0.15, 0.2) is 29.8 Å². The smallest absolute Gasteiger partial charge is 0.407 e. The van der Waals surface area contributed by atoms with Crippen LogP contribution in [0.25, 0.3) is 0 Å². The number of carbonyl (C=O) groups excluding carboxylic acids is 3. The lowest BCUT2D eigenvalue weighted by Crippen LogP contribution is -2.33. The maximum Gasteiger partial charge on any atom is 0.407 e. The van der Waals surface area contributed by atoms with Crippen molar-refractivity contribution >= 4 is 17.7 Å². The molecule has 0 fully saturated rings. The van der Waals surface area contributed by atoms with E-state index in [9.17, 15) is 19.5 Å². The van der Waals surface area contributed by atoms with Crippen molar-refractivity contribution in [2.45, 2.75) is 32.8 Å². The first-order valence-electron chi connectivity index (χ1n) is 7.27. The van der Waals surface area contributed by atoms with E-state index in [2.05, 4.69) is 5.32 Å². The highest BCUT2D eigenvalue weighted by molar-refractivity contribution is 6.25. The molecule has 122 valence electrons. The summed E-state index contributed by atoms with van der Waals surface area (Å²) in [6, 6.07) is 4.39. The van der Waals surface area contributed by atoms with Crippen molar-refractivity contribution in [1.82, 2.24) is 5.32 Å². The van der Waals surface area contributed by atoms with Crippen LogP contribution in [-0.2, 0) is 4.74 Å². The second-order valence-corrected chi connectivity index (χ2v) is 6.24. The van der Waals surface area contributed by atoms with Crippen LogP contribution in [0.5, 0.6) is 5.75 Å². The number of benzene rings is 1. The Morgan fingerprint density at radius 2 is 1.96 bits per heavy atom. The fraction of sp³-hybridized carbons (Fsp3) is 0.353. The van der Waals surface area contributed by atoms with Gasteiger partial charge in [0.2, 0.25) is 0 Å². The summed E-state index contributed by atoms with van der Waals surface area (Å²) in [5, 5.41) is 12.3. The number of ether oxygens (including phenoxy) is 1. The number of hydrogen-bond acceptors (Lipinski definition) is 5. The van der Waals surface area contributed by atoms with Crippen LogP contribution in [0, 0.1) is 0 Å². The molecule has 1 amide bonds. The predicted octanol–water partition coefficient (Wildman–Crippen LogP) is 2.61. The fourth-order valence-electron chi connectivity index (χ4n) is 2.26. The summed E-state index contributed by atoms with van der Waals surface area (Å²) in [6.07, 6.45) is 0.839. The largest absolute Gasteiger partial charge is 0.507 e. The van der Waals surface area contributed by atoms with Crippen molar-refractivity contribution in [3.8, 4) is 5.75 Å². The number of aromatic hydroxyl groups is 1. The van der Waals surface area contributed by atoms with E-state index in [0.29, 0.717) is 5.57 Å².